The Bertz CT molecular complexity index is 508. The molecule has 2 nitrogen and oxygen atoms in total. The molecule has 4 rings (SSSR count). The summed E-state index contributed by atoms with van der Waals surface area (Å²) in [4.78, 5) is 0. The lowest BCUT2D eigenvalue weighted by molar-refractivity contribution is -0.0627. The van der Waals surface area contributed by atoms with Gasteiger partial charge in [-0.05, 0) is 68.0 Å². The summed E-state index contributed by atoms with van der Waals surface area (Å²) in [5, 5.41) is 14.9. The van der Waals surface area contributed by atoms with Crippen molar-refractivity contribution in [3.05, 3.63) is 35.4 Å². The molecule has 1 aromatic rings. The van der Waals surface area contributed by atoms with Gasteiger partial charge in [0.15, 0.2) is 0 Å². The molecular weight excluding hydrogens is 258 g/mol. The van der Waals surface area contributed by atoms with E-state index in [0.717, 1.165) is 25.8 Å². The molecule has 0 amide bonds. The van der Waals surface area contributed by atoms with E-state index in [-0.39, 0.29) is 6.04 Å². The minimum atomic E-state index is -0.537. The number of hydrogen-bond acceptors (Lipinski definition) is 2. The maximum Gasteiger partial charge on any atom is 0.0842 e. The van der Waals surface area contributed by atoms with Crippen LogP contribution in [0.5, 0.6) is 0 Å². The molecule has 0 bridgehead atoms. The Labute approximate surface area is 128 Å². The molecule has 1 aliphatic heterocycles. The second kappa shape index (κ2) is 5.10. The van der Waals surface area contributed by atoms with Crippen LogP contribution < -0.4 is 5.32 Å². The van der Waals surface area contributed by atoms with Crippen LogP contribution in [0.1, 0.15) is 68.5 Å². The summed E-state index contributed by atoms with van der Waals surface area (Å²) in [6.07, 6.45) is 11.1. The normalized spacial score (nSPS) is 30.2. The van der Waals surface area contributed by atoms with Crippen molar-refractivity contribution in [2.75, 3.05) is 6.54 Å². The summed E-state index contributed by atoms with van der Waals surface area (Å²) in [6.45, 7) is 0.995. The van der Waals surface area contributed by atoms with E-state index in [1.807, 2.05) is 0 Å². The van der Waals surface area contributed by atoms with Crippen LogP contribution in [0.3, 0.4) is 0 Å². The molecule has 1 atom stereocenters. The topological polar surface area (TPSA) is 32.3 Å². The van der Waals surface area contributed by atoms with Crippen molar-refractivity contribution in [1.82, 2.24) is 5.32 Å². The first-order valence-electron chi connectivity index (χ1n) is 8.75. The Kier molecular flexibility index (Phi) is 3.35. The van der Waals surface area contributed by atoms with Crippen LogP contribution in [0.25, 0.3) is 0 Å². The molecule has 1 heterocycles. The highest BCUT2D eigenvalue weighted by Gasteiger charge is 2.47. The number of benzene rings is 1. The first-order chi connectivity index (χ1) is 10.2. The van der Waals surface area contributed by atoms with Crippen molar-refractivity contribution >= 4 is 0 Å². The predicted molar refractivity (Wildman–Crippen MR) is 85.2 cm³/mol. The van der Waals surface area contributed by atoms with Gasteiger partial charge in [-0.1, -0.05) is 37.1 Å². The van der Waals surface area contributed by atoms with Gasteiger partial charge < -0.3 is 10.4 Å². The van der Waals surface area contributed by atoms with E-state index >= 15 is 0 Å². The van der Waals surface area contributed by atoms with Crippen molar-refractivity contribution in [2.45, 2.75) is 69.4 Å². The van der Waals surface area contributed by atoms with Gasteiger partial charge in [-0.2, -0.15) is 0 Å². The average molecular weight is 285 g/mol. The summed E-state index contributed by atoms with van der Waals surface area (Å²) in [7, 11) is 0. The van der Waals surface area contributed by atoms with Crippen molar-refractivity contribution < 1.29 is 5.11 Å². The number of rotatable bonds is 1. The van der Waals surface area contributed by atoms with E-state index in [1.165, 1.54) is 49.7 Å². The molecule has 114 valence electrons. The molecule has 2 saturated carbocycles. The van der Waals surface area contributed by atoms with Gasteiger partial charge in [-0.3, -0.25) is 0 Å². The summed E-state index contributed by atoms with van der Waals surface area (Å²) in [5.74, 6) is 0. The fourth-order valence-electron chi connectivity index (χ4n) is 5.11. The first-order valence-corrected chi connectivity index (χ1v) is 8.75. The smallest absolute Gasteiger partial charge is 0.0842 e. The van der Waals surface area contributed by atoms with Crippen LogP contribution >= 0.6 is 0 Å². The molecule has 0 aromatic heterocycles. The van der Waals surface area contributed by atoms with Crippen LogP contribution in [-0.2, 0) is 6.42 Å². The molecule has 1 spiro atoms. The van der Waals surface area contributed by atoms with Crippen molar-refractivity contribution in [3.63, 3.8) is 0 Å². The number of hydrogen-bond donors (Lipinski definition) is 2. The zero-order valence-electron chi connectivity index (χ0n) is 12.9. The van der Waals surface area contributed by atoms with E-state index in [1.54, 1.807) is 0 Å². The lowest BCUT2D eigenvalue weighted by Gasteiger charge is -2.47. The third-order valence-corrected chi connectivity index (χ3v) is 6.49. The van der Waals surface area contributed by atoms with Gasteiger partial charge in [0, 0.05) is 0 Å². The Balaban J connectivity index is 1.57. The highest BCUT2D eigenvalue weighted by molar-refractivity contribution is 5.34. The Morgan fingerprint density at radius 2 is 1.67 bits per heavy atom. The van der Waals surface area contributed by atoms with Gasteiger partial charge in [-0.15, -0.1) is 0 Å². The van der Waals surface area contributed by atoms with Gasteiger partial charge in [0.1, 0.15) is 0 Å². The third-order valence-electron chi connectivity index (χ3n) is 6.49. The van der Waals surface area contributed by atoms with Crippen LogP contribution in [0.2, 0.25) is 0 Å². The minimum absolute atomic E-state index is 0.140. The molecule has 2 heteroatoms. The monoisotopic (exact) mass is 285 g/mol. The second-order valence-corrected chi connectivity index (χ2v) is 7.65. The molecule has 1 unspecified atom stereocenters. The average Bonchev–Trinajstić information content (AvgIpc) is 2.99. The van der Waals surface area contributed by atoms with Gasteiger partial charge >= 0.3 is 0 Å². The van der Waals surface area contributed by atoms with Gasteiger partial charge in [0.2, 0.25) is 0 Å². The lowest BCUT2D eigenvalue weighted by atomic mass is 9.64. The summed E-state index contributed by atoms with van der Waals surface area (Å²) in [6, 6.07) is 8.82. The fraction of sp³-hybridized carbons (Fsp3) is 0.684. The third kappa shape index (κ3) is 2.33. The second-order valence-electron chi connectivity index (χ2n) is 7.65. The summed E-state index contributed by atoms with van der Waals surface area (Å²) in [5.41, 5.74) is 2.81. The van der Waals surface area contributed by atoms with E-state index < -0.39 is 5.60 Å². The minimum Gasteiger partial charge on any atom is -0.388 e. The van der Waals surface area contributed by atoms with Crippen LogP contribution in [0.15, 0.2) is 24.3 Å². The molecule has 2 N–H and O–H groups in total. The fourth-order valence-corrected chi connectivity index (χ4v) is 5.11. The number of fused-ring (bicyclic) bond motifs is 1. The van der Waals surface area contributed by atoms with E-state index in [0.29, 0.717) is 5.41 Å². The SMILES string of the molecule is OC1(C2NCCc3ccccc32)CCC2(CCCC2)CC1. The molecule has 3 aliphatic rings. The first kappa shape index (κ1) is 13.8. The molecule has 1 aromatic carbocycles. The number of aliphatic hydroxyl groups is 1. The van der Waals surface area contributed by atoms with E-state index in [4.69, 9.17) is 0 Å². The molecule has 2 aliphatic carbocycles. The quantitative estimate of drug-likeness (QED) is 0.824. The van der Waals surface area contributed by atoms with Gasteiger partial charge in [-0.25, -0.2) is 0 Å². The molecule has 21 heavy (non-hydrogen) atoms. The van der Waals surface area contributed by atoms with Crippen LogP contribution in [0, 0.1) is 5.41 Å². The highest BCUT2D eigenvalue weighted by atomic mass is 16.3. The van der Waals surface area contributed by atoms with Crippen molar-refractivity contribution in [1.29, 1.82) is 0 Å². The highest BCUT2D eigenvalue weighted by Crippen LogP contribution is 2.53. The number of nitrogens with one attached hydrogen (secondary N) is 1. The van der Waals surface area contributed by atoms with Crippen molar-refractivity contribution in [3.8, 4) is 0 Å². The zero-order valence-corrected chi connectivity index (χ0v) is 12.9. The molecule has 0 saturated heterocycles. The maximum absolute atomic E-state index is 11.3. The molecule has 0 radical (unpaired) electrons. The van der Waals surface area contributed by atoms with Crippen LogP contribution in [-0.4, -0.2) is 17.3 Å². The Morgan fingerprint density at radius 3 is 2.43 bits per heavy atom. The maximum atomic E-state index is 11.3. The van der Waals surface area contributed by atoms with Crippen molar-refractivity contribution in [2.24, 2.45) is 5.41 Å². The predicted octanol–water partition coefficient (Wildman–Crippen LogP) is 3.74. The Morgan fingerprint density at radius 1 is 0.952 bits per heavy atom. The molecular formula is C19H27NO. The van der Waals surface area contributed by atoms with Gasteiger partial charge in [0.25, 0.3) is 0 Å². The zero-order chi connectivity index (χ0) is 14.3. The largest absolute Gasteiger partial charge is 0.388 e. The molecule has 2 fully saturated rings. The standard InChI is InChI=1S/C19H27NO/c21-19(12-10-18(11-13-19)8-3-4-9-18)17-16-6-2-1-5-15(16)7-14-20-17/h1-2,5-6,17,20-21H,3-4,7-14H2. The van der Waals surface area contributed by atoms with Gasteiger partial charge in [0.05, 0.1) is 11.6 Å². The van der Waals surface area contributed by atoms with E-state index in [9.17, 15) is 5.11 Å². The lowest BCUT2D eigenvalue weighted by Crippen LogP contribution is -2.50. The summed E-state index contributed by atoms with van der Waals surface area (Å²) >= 11 is 0. The van der Waals surface area contributed by atoms with E-state index in [2.05, 4.69) is 29.6 Å². The Hall–Kier alpha value is -0.860. The summed E-state index contributed by atoms with van der Waals surface area (Å²) < 4.78 is 0. The van der Waals surface area contributed by atoms with Crippen LogP contribution in [0.4, 0.5) is 0 Å².